The fourth-order valence-corrected chi connectivity index (χ4v) is 4.88. The summed E-state index contributed by atoms with van der Waals surface area (Å²) in [6, 6.07) is 8.90. The molecule has 0 aliphatic heterocycles. The number of carboxylic acids is 1. The Morgan fingerprint density at radius 3 is 2.34 bits per heavy atom. The Morgan fingerprint density at radius 2 is 1.86 bits per heavy atom. The molecule has 29 heavy (non-hydrogen) atoms. The monoisotopic (exact) mass is 426 g/mol. The topological polar surface area (TPSA) is 46.5 Å². The van der Waals surface area contributed by atoms with Gasteiger partial charge in [-0.2, -0.15) is 13.2 Å². The average Bonchev–Trinajstić information content (AvgIpc) is 3.42. The molecule has 0 spiro atoms. The lowest BCUT2D eigenvalue weighted by molar-refractivity contribution is -0.261. The maximum Gasteiger partial charge on any atom is 0.399 e. The van der Waals surface area contributed by atoms with Crippen molar-refractivity contribution in [3.63, 3.8) is 0 Å². The summed E-state index contributed by atoms with van der Waals surface area (Å²) < 4.78 is 49.4. The summed E-state index contributed by atoms with van der Waals surface area (Å²) >= 11 is 6.49. The number of allylic oxidation sites excluding steroid dienone is 3. The van der Waals surface area contributed by atoms with Crippen LogP contribution in [0.25, 0.3) is 5.57 Å². The lowest BCUT2D eigenvalue weighted by atomic mass is 9.50. The van der Waals surface area contributed by atoms with Gasteiger partial charge < -0.3 is 9.84 Å². The molecular formula is C22H22ClF3O3. The van der Waals surface area contributed by atoms with E-state index in [9.17, 15) is 23.1 Å². The number of hydrogen-bond acceptors (Lipinski definition) is 2. The van der Waals surface area contributed by atoms with Crippen LogP contribution in [0.1, 0.15) is 44.1 Å². The van der Waals surface area contributed by atoms with Gasteiger partial charge in [0, 0.05) is 17.0 Å². The molecule has 1 aromatic rings. The molecule has 1 atom stereocenters. The van der Waals surface area contributed by atoms with Crippen LogP contribution in [-0.4, -0.2) is 23.9 Å². The lowest BCUT2D eigenvalue weighted by Crippen LogP contribution is -2.59. The number of ether oxygens (including phenoxy) is 1. The van der Waals surface area contributed by atoms with E-state index in [2.05, 4.69) is 0 Å². The van der Waals surface area contributed by atoms with Crippen molar-refractivity contribution in [3.05, 3.63) is 52.8 Å². The maximum absolute atomic E-state index is 14.5. The number of halogens is 4. The standard InChI is InChI=1S/C22H22ClF3O3/c23-16-11-21(22(24,25)26,20(19(27)28)9-4-10-20)12-17(29-13-14-7-8-14)18(16)15-5-2-1-3-6-15/h1-3,5-6,12,14H,4,7-11,13H2,(H,27,28). The summed E-state index contributed by atoms with van der Waals surface area (Å²) in [7, 11) is 0. The Labute approximate surface area is 172 Å². The van der Waals surface area contributed by atoms with Crippen LogP contribution in [0, 0.1) is 16.7 Å². The molecule has 0 bridgehead atoms. The lowest BCUT2D eigenvalue weighted by Gasteiger charge is -2.53. The molecular weight excluding hydrogens is 405 g/mol. The van der Waals surface area contributed by atoms with E-state index in [1.165, 1.54) is 0 Å². The van der Waals surface area contributed by atoms with E-state index in [-0.39, 0.29) is 23.6 Å². The number of aliphatic carboxylic acids is 1. The molecule has 2 fully saturated rings. The van der Waals surface area contributed by atoms with Gasteiger partial charge in [0.2, 0.25) is 0 Å². The Morgan fingerprint density at radius 1 is 1.21 bits per heavy atom. The molecule has 1 unspecified atom stereocenters. The fourth-order valence-electron chi connectivity index (χ4n) is 4.47. The van der Waals surface area contributed by atoms with Crippen molar-refractivity contribution in [1.82, 2.24) is 0 Å². The first kappa shape index (κ1) is 20.3. The van der Waals surface area contributed by atoms with Gasteiger partial charge in [0.05, 0.1) is 12.0 Å². The van der Waals surface area contributed by atoms with Crippen LogP contribution in [0.15, 0.2) is 47.2 Å². The predicted molar refractivity (Wildman–Crippen MR) is 103 cm³/mol. The molecule has 2 saturated carbocycles. The van der Waals surface area contributed by atoms with E-state index < -0.39 is 29.4 Å². The van der Waals surface area contributed by atoms with Gasteiger partial charge in [-0.25, -0.2) is 0 Å². The number of carbonyl (C=O) groups is 1. The van der Waals surface area contributed by atoms with Crippen molar-refractivity contribution >= 4 is 23.1 Å². The highest BCUT2D eigenvalue weighted by Crippen LogP contribution is 2.66. The van der Waals surface area contributed by atoms with Gasteiger partial charge in [0.15, 0.2) is 0 Å². The smallest absolute Gasteiger partial charge is 0.399 e. The van der Waals surface area contributed by atoms with Crippen molar-refractivity contribution < 1.29 is 27.8 Å². The molecule has 3 nitrogen and oxygen atoms in total. The normalized spacial score (nSPS) is 26.6. The zero-order valence-corrected chi connectivity index (χ0v) is 16.5. The van der Waals surface area contributed by atoms with E-state index in [0.29, 0.717) is 30.1 Å². The quantitative estimate of drug-likeness (QED) is 0.593. The summed E-state index contributed by atoms with van der Waals surface area (Å²) in [4.78, 5) is 12.1. The van der Waals surface area contributed by atoms with Gasteiger partial charge in [-0.1, -0.05) is 48.4 Å². The van der Waals surface area contributed by atoms with Crippen LogP contribution >= 0.6 is 11.6 Å². The Bertz CT molecular complexity index is 867. The second-order valence-corrected chi connectivity index (χ2v) is 8.75. The van der Waals surface area contributed by atoms with Crippen LogP contribution in [0.3, 0.4) is 0 Å². The zero-order chi connectivity index (χ0) is 20.9. The second-order valence-electron chi connectivity index (χ2n) is 8.30. The van der Waals surface area contributed by atoms with Gasteiger partial charge in [-0.15, -0.1) is 0 Å². The van der Waals surface area contributed by atoms with Crippen LogP contribution < -0.4 is 0 Å². The first-order valence-electron chi connectivity index (χ1n) is 9.80. The summed E-state index contributed by atoms with van der Waals surface area (Å²) in [5.74, 6) is -1.05. The summed E-state index contributed by atoms with van der Waals surface area (Å²) in [6.45, 7) is 0.306. The minimum absolute atomic E-state index is 0.00523. The SMILES string of the molecule is O=C(O)C1(C2(C(F)(F)F)C=C(OCC3CC3)C(c3ccccc3)=C(Cl)C2)CCC1. The highest BCUT2D eigenvalue weighted by atomic mass is 35.5. The van der Waals surface area contributed by atoms with Crippen LogP contribution in [0.4, 0.5) is 13.2 Å². The van der Waals surface area contributed by atoms with E-state index in [1.807, 2.05) is 6.07 Å². The minimum atomic E-state index is -4.78. The predicted octanol–water partition coefficient (Wildman–Crippen LogP) is 6.15. The van der Waals surface area contributed by atoms with Gasteiger partial charge in [0.1, 0.15) is 11.2 Å². The maximum atomic E-state index is 14.5. The van der Waals surface area contributed by atoms with Gasteiger partial charge in [-0.05, 0) is 43.2 Å². The molecule has 1 aromatic carbocycles. The van der Waals surface area contributed by atoms with E-state index in [1.54, 1.807) is 24.3 Å². The Kier molecular flexibility index (Phi) is 4.96. The number of hydrogen-bond donors (Lipinski definition) is 1. The van der Waals surface area contributed by atoms with Gasteiger partial charge in [0.25, 0.3) is 0 Å². The summed E-state index contributed by atoms with van der Waals surface area (Å²) in [5, 5.41) is 9.81. The van der Waals surface area contributed by atoms with Crippen molar-refractivity contribution in [2.24, 2.45) is 16.7 Å². The molecule has 0 aromatic heterocycles. The number of alkyl halides is 3. The van der Waals surface area contributed by atoms with Gasteiger partial charge in [-0.3, -0.25) is 4.79 Å². The molecule has 0 heterocycles. The van der Waals surface area contributed by atoms with Crippen LogP contribution in [0.2, 0.25) is 0 Å². The highest BCUT2D eigenvalue weighted by molar-refractivity contribution is 6.33. The second kappa shape index (κ2) is 7.08. The third kappa shape index (κ3) is 3.25. The molecule has 0 amide bonds. The molecule has 3 aliphatic carbocycles. The number of rotatable bonds is 6. The van der Waals surface area contributed by atoms with Crippen molar-refractivity contribution in [2.75, 3.05) is 6.61 Å². The third-order valence-corrected chi connectivity index (χ3v) is 6.86. The number of benzene rings is 1. The fraction of sp³-hybridized carbons (Fsp3) is 0.500. The van der Waals surface area contributed by atoms with Crippen molar-refractivity contribution in [2.45, 2.75) is 44.7 Å². The van der Waals surface area contributed by atoms with E-state index >= 15 is 0 Å². The molecule has 3 aliphatic rings. The van der Waals surface area contributed by atoms with Crippen LogP contribution in [0.5, 0.6) is 0 Å². The van der Waals surface area contributed by atoms with Crippen molar-refractivity contribution in [1.29, 1.82) is 0 Å². The van der Waals surface area contributed by atoms with Crippen molar-refractivity contribution in [3.8, 4) is 0 Å². The molecule has 0 radical (unpaired) electrons. The largest absolute Gasteiger partial charge is 0.493 e. The number of carboxylic acid groups (broad SMARTS) is 1. The van der Waals surface area contributed by atoms with E-state index in [4.69, 9.17) is 16.3 Å². The molecule has 1 N–H and O–H groups in total. The summed E-state index contributed by atoms with van der Waals surface area (Å²) in [5.41, 5.74) is -3.42. The molecule has 7 heteroatoms. The minimum Gasteiger partial charge on any atom is -0.493 e. The third-order valence-electron chi connectivity index (χ3n) is 6.54. The molecule has 4 rings (SSSR count). The van der Waals surface area contributed by atoms with E-state index in [0.717, 1.165) is 18.9 Å². The van der Waals surface area contributed by atoms with Gasteiger partial charge >= 0.3 is 12.1 Å². The Hall–Kier alpha value is -1.95. The van der Waals surface area contributed by atoms with Crippen LogP contribution in [-0.2, 0) is 9.53 Å². The average molecular weight is 427 g/mol. The first-order chi connectivity index (χ1) is 13.7. The molecule has 156 valence electrons. The zero-order valence-electron chi connectivity index (χ0n) is 15.8. The molecule has 0 saturated heterocycles. The Balaban J connectivity index is 1.86. The summed E-state index contributed by atoms with van der Waals surface area (Å²) in [6.07, 6.45) is -1.99. The highest BCUT2D eigenvalue weighted by Gasteiger charge is 2.71. The first-order valence-corrected chi connectivity index (χ1v) is 10.2.